The van der Waals surface area contributed by atoms with Crippen molar-refractivity contribution in [3.63, 3.8) is 0 Å². The van der Waals surface area contributed by atoms with Crippen molar-refractivity contribution in [3.05, 3.63) is 23.8 Å². The van der Waals surface area contributed by atoms with Gasteiger partial charge in [-0.2, -0.15) is 0 Å². The monoisotopic (exact) mass is 249 g/mol. The maximum absolute atomic E-state index is 11.5. The quantitative estimate of drug-likeness (QED) is 0.782. The Morgan fingerprint density at radius 1 is 1.56 bits per heavy atom. The Morgan fingerprint density at radius 2 is 2.33 bits per heavy atom. The van der Waals surface area contributed by atoms with Crippen LogP contribution in [0.25, 0.3) is 0 Å². The fourth-order valence-corrected chi connectivity index (χ4v) is 2.28. The van der Waals surface area contributed by atoms with E-state index >= 15 is 0 Å². The summed E-state index contributed by atoms with van der Waals surface area (Å²) in [4.78, 5) is 13.6. The first kappa shape index (κ1) is 12.7. The van der Waals surface area contributed by atoms with Gasteiger partial charge in [-0.05, 0) is 18.6 Å². The molecule has 1 amide bonds. The molecule has 1 unspecified atom stereocenters. The number of carbonyl (C=O) groups excluding carboxylic acids is 1. The van der Waals surface area contributed by atoms with Crippen molar-refractivity contribution in [2.24, 2.45) is 5.73 Å². The normalized spacial score (nSPS) is 19.8. The molecule has 1 aliphatic rings. The van der Waals surface area contributed by atoms with Crippen molar-refractivity contribution in [2.45, 2.75) is 19.4 Å². The molecule has 1 saturated heterocycles. The average Bonchev–Trinajstić information content (AvgIpc) is 2.38. The molecule has 0 saturated carbocycles. The number of rotatable bonds is 3. The van der Waals surface area contributed by atoms with Gasteiger partial charge in [-0.1, -0.05) is 13.0 Å². The third-order valence-corrected chi connectivity index (χ3v) is 3.24. The molecule has 1 aromatic carbocycles. The van der Waals surface area contributed by atoms with Gasteiger partial charge in [0, 0.05) is 13.1 Å². The number of primary amides is 1. The molecule has 18 heavy (non-hydrogen) atoms. The fourth-order valence-electron chi connectivity index (χ4n) is 2.28. The van der Waals surface area contributed by atoms with E-state index in [1.54, 1.807) is 18.2 Å². The summed E-state index contributed by atoms with van der Waals surface area (Å²) in [7, 11) is 0. The van der Waals surface area contributed by atoms with Crippen LogP contribution in [0.5, 0.6) is 0 Å². The van der Waals surface area contributed by atoms with E-state index in [4.69, 9.17) is 16.2 Å². The highest BCUT2D eigenvalue weighted by Gasteiger charge is 2.24. The van der Waals surface area contributed by atoms with Crippen molar-refractivity contribution >= 4 is 17.3 Å². The number of amides is 1. The number of ether oxygens (including phenoxy) is 1. The van der Waals surface area contributed by atoms with E-state index in [0.29, 0.717) is 17.9 Å². The first-order valence-corrected chi connectivity index (χ1v) is 6.18. The molecular weight excluding hydrogens is 230 g/mol. The number of benzene rings is 1. The van der Waals surface area contributed by atoms with E-state index in [2.05, 4.69) is 11.8 Å². The minimum atomic E-state index is -0.447. The highest BCUT2D eigenvalue weighted by molar-refractivity contribution is 6.01. The first-order valence-electron chi connectivity index (χ1n) is 6.18. The summed E-state index contributed by atoms with van der Waals surface area (Å²) in [5.74, 6) is -0.447. The molecule has 5 nitrogen and oxygen atoms in total. The molecule has 4 N–H and O–H groups in total. The van der Waals surface area contributed by atoms with E-state index in [0.717, 1.165) is 25.2 Å². The lowest BCUT2D eigenvalue weighted by molar-refractivity contribution is 0.0384. The minimum Gasteiger partial charge on any atom is -0.397 e. The molecule has 0 aromatic heterocycles. The van der Waals surface area contributed by atoms with Crippen LogP contribution in [0.4, 0.5) is 11.4 Å². The standard InChI is InChI=1S/C13H19N3O2/c1-2-9-8-16(6-7-18-9)12-10(13(15)17)4-3-5-11(12)14/h3-5,9H,2,6-8,14H2,1H3,(H2,15,17). The fraction of sp³-hybridized carbons (Fsp3) is 0.462. The molecule has 0 radical (unpaired) electrons. The average molecular weight is 249 g/mol. The van der Waals surface area contributed by atoms with E-state index in [1.165, 1.54) is 0 Å². The molecule has 5 heteroatoms. The lowest BCUT2D eigenvalue weighted by Crippen LogP contribution is -2.43. The second-order valence-electron chi connectivity index (χ2n) is 4.45. The zero-order valence-electron chi connectivity index (χ0n) is 10.6. The van der Waals surface area contributed by atoms with Gasteiger partial charge in [0.15, 0.2) is 0 Å². The lowest BCUT2D eigenvalue weighted by atomic mass is 10.1. The van der Waals surface area contributed by atoms with Crippen molar-refractivity contribution in [3.8, 4) is 0 Å². The lowest BCUT2D eigenvalue weighted by Gasteiger charge is -2.35. The van der Waals surface area contributed by atoms with Crippen molar-refractivity contribution in [1.29, 1.82) is 0 Å². The molecule has 1 aromatic rings. The van der Waals surface area contributed by atoms with Gasteiger partial charge in [-0.3, -0.25) is 4.79 Å². The molecule has 0 aliphatic carbocycles. The van der Waals surface area contributed by atoms with Crippen LogP contribution in [0.2, 0.25) is 0 Å². The second-order valence-corrected chi connectivity index (χ2v) is 4.45. The molecule has 1 fully saturated rings. The topological polar surface area (TPSA) is 81.6 Å². The molecular formula is C13H19N3O2. The van der Waals surface area contributed by atoms with Crippen LogP contribution in [0.1, 0.15) is 23.7 Å². The van der Waals surface area contributed by atoms with Crippen LogP contribution in [-0.4, -0.2) is 31.7 Å². The molecule has 1 aliphatic heterocycles. The van der Waals surface area contributed by atoms with Crippen LogP contribution in [-0.2, 0) is 4.74 Å². The maximum atomic E-state index is 11.5. The summed E-state index contributed by atoms with van der Waals surface area (Å²) < 4.78 is 5.62. The van der Waals surface area contributed by atoms with Crippen LogP contribution < -0.4 is 16.4 Å². The summed E-state index contributed by atoms with van der Waals surface area (Å²) in [6.07, 6.45) is 1.12. The van der Waals surface area contributed by atoms with Gasteiger partial charge in [-0.25, -0.2) is 0 Å². The first-order chi connectivity index (χ1) is 8.63. The van der Waals surface area contributed by atoms with E-state index < -0.39 is 5.91 Å². The molecule has 0 bridgehead atoms. The number of nitrogens with zero attached hydrogens (tertiary/aromatic N) is 1. The van der Waals surface area contributed by atoms with E-state index in [-0.39, 0.29) is 6.10 Å². The summed E-state index contributed by atoms with van der Waals surface area (Å²) in [6.45, 7) is 4.19. The summed E-state index contributed by atoms with van der Waals surface area (Å²) in [5.41, 5.74) is 13.2. The maximum Gasteiger partial charge on any atom is 0.250 e. The highest BCUT2D eigenvalue weighted by atomic mass is 16.5. The van der Waals surface area contributed by atoms with Gasteiger partial charge < -0.3 is 21.1 Å². The molecule has 98 valence electrons. The smallest absolute Gasteiger partial charge is 0.250 e. The number of anilines is 2. The van der Waals surface area contributed by atoms with Gasteiger partial charge in [0.1, 0.15) is 0 Å². The van der Waals surface area contributed by atoms with Gasteiger partial charge in [-0.15, -0.1) is 0 Å². The van der Waals surface area contributed by atoms with Crippen LogP contribution >= 0.6 is 0 Å². The second kappa shape index (κ2) is 5.27. The Labute approximate surface area is 107 Å². The SMILES string of the molecule is CCC1CN(c2c(N)cccc2C(N)=O)CCO1. The van der Waals surface area contributed by atoms with Gasteiger partial charge in [0.2, 0.25) is 0 Å². The number of para-hydroxylation sites is 1. The zero-order chi connectivity index (χ0) is 13.1. The van der Waals surface area contributed by atoms with Crippen LogP contribution in [0.3, 0.4) is 0 Å². The number of hydrogen-bond acceptors (Lipinski definition) is 4. The molecule has 1 atom stereocenters. The van der Waals surface area contributed by atoms with E-state index in [1.807, 2.05) is 0 Å². The zero-order valence-corrected chi connectivity index (χ0v) is 10.6. The Kier molecular flexibility index (Phi) is 3.72. The van der Waals surface area contributed by atoms with Gasteiger partial charge >= 0.3 is 0 Å². The third-order valence-electron chi connectivity index (χ3n) is 3.24. The Hall–Kier alpha value is -1.75. The summed E-state index contributed by atoms with van der Waals surface area (Å²) >= 11 is 0. The van der Waals surface area contributed by atoms with Crippen molar-refractivity contribution in [2.75, 3.05) is 30.3 Å². The Bertz CT molecular complexity index is 448. The van der Waals surface area contributed by atoms with E-state index in [9.17, 15) is 4.79 Å². The minimum absolute atomic E-state index is 0.180. The Balaban J connectivity index is 2.34. The summed E-state index contributed by atoms with van der Waals surface area (Å²) in [5, 5.41) is 0. The van der Waals surface area contributed by atoms with Crippen LogP contribution in [0.15, 0.2) is 18.2 Å². The highest BCUT2D eigenvalue weighted by Crippen LogP contribution is 2.29. The Morgan fingerprint density at radius 3 is 3.00 bits per heavy atom. The van der Waals surface area contributed by atoms with Crippen molar-refractivity contribution in [1.82, 2.24) is 0 Å². The molecule has 0 spiro atoms. The number of carbonyl (C=O) groups is 1. The molecule has 2 rings (SSSR count). The number of morpholine rings is 1. The van der Waals surface area contributed by atoms with Gasteiger partial charge in [0.25, 0.3) is 5.91 Å². The predicted octanol–water partition coefficient (Wildman–Crippen LogP) is 0.983. The summed E-state index contributed by atoms with van der Waals surface area (Å²) in [6, 6.07) is 5.25. The predicted molar refractivity (Wildman–Crippen MR) is 71.6 cm³/mol. The van der Waals surface area contributed by atoms with Crippen LogP contribution in [0, 0.1) is 0 Å². The van der Waals surface area contributed by atoms with Crippen molar-refractivity contribution < 1.29 is 9.53 Å². The number of nitrogens with two attached hydrogens (primary N) is 2. The number of hydrogen-bond donors (Lipinski definition) is 2. The molecule has 1 heterocycles. The largest absolute Gasteiger partial charge is 0.397 e. The number of nitrogen functional groups attached to an aromatic ring is 1. The third kappa shape index (κ3) is 2.41. The van der Waals surface area contributed by atoms with Gasteiger partial charge in [0.05, 0.1) is 29.6 Å².